The predicted octanol–water partition coefficient (Wildman–Crippen LogP) is 1.25. The Morgan fingerprint density at radius 3 is 2.73 bits per heavy atom. The summed E-state index contributed by atoms with van der Waals surface area (Å²) in [6.07, 6.45) is 1.18. The van der Waals surface area contributed by atoms with Gasteiger partial charge in [-0.15, -0.1) is 0 Å². The Hall–Kier alpha value is 0.260. The van der Waals surface area contributed by atoms with E-state index in [4.69, 9.17) is 0 Å². The molecule has 0 unspecified atom stereocenters. The summed E-state index contributed by atoms with van der Waals surface area (Å²) >= 11 is 2.01. The maximum absolute atomic E-state index is 11.4. The van der Waals surface area contributed by atoms with Gasteiger partial charge in [0, 0.05) is 36.4 Å². The van der Waals surface area contributed by atoms with Gasteiger partial charge in [-0.2, -0.15) is 11.8 Å². The van der Waals surface area contributed by atoms with Crippen LogP contribution >= 0.6 is 11.8 Å². The van der Waals surface area contributed by atoms with Crippen molar-refractivity contribution in [1.82, 2.24) is 4.90 Å². The summed E-state index contributed by atoms with van der Waals surface area (Å²) in [5.74, 6) is 1.74. The summed E-state index contributed by atoms with van der Waals surface area (Å²) in [5, 5.41) is 0.697. The summed E-state index contributed by atoms with van der Waals surface area (Å²) in [6.45, 7) is 6.73. The molecule has 1 aliphatic heterocycles. The minimum atomic E-state index is -2.79. The monoisotopic (exact) mass is 251 g/mol. The molecule has 5 heteroatoms. The molecule has 0 aromatic carbocycles. The molecule has 1 heterocycles. The van der Waals surface area contributed by atoms with E-state index in [0.29, 0.717) is 17.5 Å². The molecule has 15 heavy (non-hydrogen) atoms. The largest absolute Gasteiger partial charge is 0.300 e. The van der Waals surface area contributed by atoms with Gasteiger partial charge in [0.15, 0.2) is 9.84 Å². The molecule has 0 aromatic rings. The number of sulfone groups is 1. The van der Waals surface area contributed by atoms with E-state index in [2.05, 4.69) is 11.8 Å². The van der Waals surface area contributed by atoms with Gasteiger partial charge in [-0.25, -0.2) is 8.42 Å². The lowest BCUT2D eigenvalue weighted by Gasteiger charge is -2.31. The number of rotatable bonds is 5. The average Bonchev–Trinajstić information content (AvgIpc) is 2.27. The molecule has 0 amide bonds. The molecular weight excluding hydrogens is 230 g/mol. The summed E-state index contributed by atoms with van der Waals surface area (Å²) in [6, 6.07) is 0. The third kappa shape index (κ3) is 4.74. The van der Waals surface area contributed by atoms with Crippen LogP contribution in [0.1, 0.15) is 20.3 Å². The summed E-state index contributed by atoms with van der Waals surface area (Å²) in [5.41, 5.74) is 0. The minimum absolute atomic E-state index is 0.271. The molecule has 1 aliphatic rings. The molecule has 1 rings (SSSR count). The van der Waals surface area contributed by atoms with Crippen LogP contribution in [0.15, 0.2) is 0 Å². The molecule has 1 saturated heterocycles. The number of hydrogen-bond donors (Lipinski definition) is 0. The molecule has 1 atom stereocenters. The fourth-order valence-electron chi connectivity index (χ4n) is 1.64. The molecule has 0 spiro atoms. The highest BCUT2D eigenvalue weighted by Gasteiger charge is 2.20. The highest BCUT2D eigenvalue weighted by atomic mass is 32.2. The van der Waals surface area contributed by atoms with Gasteiger partial charge in [-0.05, 0) is 6.42 Å². The third-order valence-corrected chi connectivity index (χ3v) is 5.89. The van der Waals surface area contributed by atoms with Crippen LogP contribution in [0, 0.1) is 0 Å². The van der Waals surface area contributed by atoms with Crippen LogP contribution in [0.4, 0.5) is 0 Å². The zero-order chi connectivity index (χ0) is 11.3. The number of hydrogen-bond acceptors (Lipinski definition) is 4. The van der Waals surface area contributed by atoms with Crippen molar-refractivity contribution in [1.29, 1.82) is 0 Å². The van der Waals surface area contributed by atoms with Crippen molar-refractivity contribution in [3.63, 3.8) is 0 Å². The van der Waals surface area contributed by atoms with Crippen LogP contribution in [0.5, 0.6) is 0 Å². The molecule has 0 aliphatic carbocycles. The van der Waals surface area contributed by atoms with E-state index in [9.17, 15) is 8.42 Å². The molecule has 0 saturated carbocycles. The third-order valence-electron chi connectivity index (χ3n) is 2.84. The molecule has 1 fully saturated rings. The van der Waals surface area contributed by atoms with Crippen molar-refractivity contribution in [2.24, 2.45) is 0 Å². The van der Waals surface area contributed by atoms with Crippen LogP contribution in [0.3, 0.4) is 0 Å². The van der Waals surface area contributed by atoms with Gasteiger partial charge < -0.3 is 4.90 Å². The molecule has 3 nitrogen and oxygen atoms in total. The highest BCUT2D eigenvalue weighted by molar-refractivity contribution is 8.00. The van der Waals surface area contributed by atoms with Crippen LogP contribution in [-0.4, -0.2) is 55.5 Å². The van der Waals surface area contributed by atoms with Gasteiger partial charge >= 0.3 is 0 Å². The topological polar surface area (TPSA) is 37.4 Å². The fraction of sp³-hybridized carbons (Fsp3) is 1.00. The first kappa shape index (κ1) is 13.3. The maximum atomic E-state index is 11.4. The second-order valence-electron chi connectivity index (χ2n) is 3.94. The van der Waals surface area contributed by atoms with Gasteiger partial charge in [0.2, 0.25) is 0 Å². The van der Waals surface area contributed by atoms with Gasteiger partial charge in [0.25, 0.3) is 0 Å². The molecule has 0 bridgehead atoms. The van der Waals surface area contributed by atoms with E-state index in [1.807, 2.05) is 11.8 Å². The second-order valence-corrected chi connectivity index (χ2v) is 7.82. The van der Waals surface area contributed by atoms with Crippen molar-refractivity contribution < 1.29 is 8.42 Å². The smallest absolute Gasteiger partial charge is 0.151 e. The Morgan fingerprint density at radius 1 is 1.40 bits per heavy atom. The summed E-state index contributed by atoms with van der Waals surface area (Å²) < 4.78 is 22.7. The first-order valence-electron chi connectivity index (χ1n) is 5.61. The molecule has 0 aromatic heterocycles. The van der Waals surface area contributed by atoms with Crippen molar-refractivity contribution in [3.05, 3.63) is 0 Å². The Bertz CT molecular complexity index is 277. The lowest BCUT2D eigenvalue weighted by molar-refractivity contribution is 0.297. The highest BCUT2D eigenvalue weighted by Crippen LogP contribution is 2.20. The van der Waals surface area contributed by atoms with Crippen molar-refractivity contribution in [3.8, 4) is 0 Å². The Labute approximate surface area is 97.5 Å². The Morgan fingerprint density at radius 2 is 2.13 bits per heavy atom. The second kappa shape index (κ2) is 6.11. The van der Waals surface area contributed by atoms with E-state index >= 15 is 0 Å². The molecular formula is C10H21NO2S2. The van der Waals surface area contributed by atoms with Crippen LogP contribution in [0.25, 0.3) is 0 Å². The van der Waals surface area contributed by atoms with Crippen LogP contribution < -0.4 is 0 Å². The van der Waals surface area contributed by atoms with Gasteiger partial charge in [-0.1, -0.05) is 13.8 Å². The molecule has 0 radical (unpaired) electrons. The standard InChI is InChI=1S/C10H21NO2S2/c1-3-10-9-11(5-7-14-10)6-8-15(12,13)4-2/h10H,3-9H2,1-2H3/t10-/m1/s1. The zero-order valence-electron chi connectivity index (χ0n) is 9.61. The van der Waals surface area contributed by atoms with Gasteiger partial charge in [0.1, 0.15) is 0 Å². The van der Waals surface area contributed by atoms with Crippen LogP contribution in [-0.2, 0) is 9.84 Å². The van der Waals surface area contributed by atoms with Gasteiger partial charge in [-0.3, -0.25) is 0 Å². The normalized spacial score (nSPS) is 24.3. The molecule has 0 N–H and O–H groups in total. The van der Waals surface area contributed by atoms with Crippen molar-refractivity contribution in [2.75, 3.05) is 36.9 Å². The quantitative estimate of drug-likeness (QED) is 0.737. The lowest BCUT2D eigenvalue weighted by atomic mass is 10.3. The SMILES string of the molecule is CC[C@@H]1CN(CCS(=O)(=O)CC)CCS1. The first-order valence-corrected chi connectivity index (χ1v) is 8.48. The van der Waals surface area contributed by atoms with E-state index in [-0.39, 0.29) is 5.75 Å². The van der Waals surface area contributed by atoms with Crippen molar-refractivity contribution >= 4 is 21.6 Å². The average molecular weight is 251 g/mol. The predicted molar refractivity (Wildman–Crippen MR) is 67.3 cm³/mol. The van der Waals surface area contributed by atoms with Gasteiger partial charge in [0.05, 0.1) is 5.75 Å². The Kier molecular flexibility index (Phi) is 5.43. The molecule has 90 valence electrons. The fourth-order valence-corrected chi connectivity index (χ4v) is 3.72. The van der Waals surface area contributed by atoms with E-state index in [1.165, 1.54) is 6.42 Å². The number of thioether (sulfide) groups is 1. The van der Waals surface area contributed by atoms with Crippen LogP contribution in [0.2, 0.25) is 0 Å². The lowest BCUT2D eigenvalue weighted by Crippen LogP contribution is -2.40. The summed E-state index contributed by atoms with van der Waals surface area (Å²) in [7, 11) is -2.79. The zero-order valence-corrected chi connectivity index (χ0v) is 11.2. The Balaban J connectivity index is 2.33. The maximum Gasteiger partial charge on any atom is 0.151 e. The van der Waals surface area contributed by atoms with E-state index in [1.54, 1.807) is 6.92 Å². The minimum Gasteiger partial charge on any atom is -0.300 e. The van der Waals surface area contributed by atoms with Crippen molar-refractivity contribution in [2.45, 2.75) is 25.5 Å². The van der Waals surface area contributed by atoms with E-state index in [0.717, 1.165) is 18.8 Å². The first-order chi connectivity index (χ1) is 7.07. The summed E-state index contributed by atoms with van der Waals surface area (Å²) in [4.78, 5) is 2.29. The number of nitrogens with zero attached hydrogens (tertiary/aromatic N) is 1. The van der Waals surface area contributed by atoms with E-state index < -0.39 is 9.84 Å².